The van der Waals surface area contributed by atoms with Gasteiger partial charge in [-0.15, -0.1) is 0 Å². The van der Waals surface area contributed by atoms with Crippen molar-refractivity contribution in [3.63, 3.8) is 0 Å². The van der Waals surface area contributed by atoms with Crippen molar-refractivity contribution in [3.05, 3.63) is 47.3 Å². The van der Waals surface area contributed by atoms with E-state index in [0.29, 0.717) is 30.9 Å². The minimum absolute atomic E-state index is 0.0296. The number of hydrogen-bond acceptors (Lipinski definition) is 8. The number of carbonyl (C=O) groups is 3. The van der Waals surface area contributed by atoms with Gasteiger partial charge < -0.3 is 20.0 Å². The SMILES string of the molecule is CC(C(=O)N1CCN(C)CC1)N1Cc2ccc(Nc3ncc(C(=O)NO)cn3)cc2C1=O. The number of hydrogen-bond donors (Lipinski definition) is 3. The van der Waals surface area contributed by atoms with Crippen molar-refractivity contribution in [2.45, 2.75) is 19.5 Å². The van der Waals surface area contributed by atoms with E-state index >= 15 is 0 Å². The number of hydroxylamine groups is 1. The maximum atomic E-state index is 13.1. The zero-order valence-corrected chi connectivity index (χ0v) is 17.9. The number of anilines is 2. The highest BCUT2D eigenvalue weighted by molar-refractivity contribution is 6.02. The Labute approximate surface area is 185 Å². The number of nitrogens with one attached hydrogen (secondary N) is 2. The van der Waals surface area contributed by atoms with Crippen LogP contribution in [-0.2, 0) is 11.3 Å². The number of rotatable bonds is 5. The van der Waals surface area contributed by atoms with Gasteiger partial charge in [0.25, 0.3) is 11.8 Å². The second kappa shape index (κ2) is 8.89. The maximum Gasteiger partial charge on any atom is 0.277 e. The first-order valence-corrected chi connectivity index (χ1v) is 10.3. The zero-order valence-electron chi connectivity index (χ0n) is 17.9. The van der Waals surface area contributed by atoms with Crippen LogP contribution >= 0.6 is 0 Å². The van der Waals surface area contributed by atoms with Gasteiger partial charge in [0.05, 0.1) is 5.56 Å². The van der Waals surface area contributed by atoms with Crippen LogP contribution in [0.1, 0.15) is 33.2 Å². The average Bonchev–Trinajstić information content (AvgIpc) is 3.14. The molecule has 2 aromatic rings. The number of nitrogens with zero attached hydrogens (tertiary/aromatic N) is 5. The molecule has 1 aromatic carbocycles. The van der Waals surface area contributed by atoms with E-state index in [4.69, 9.17) is 5.21 Å². The average molecular weight is 439 g/mol. The van der Waals surface area contributed by atoms with Gasteiger partial charge in [-0.2, -0.15) is 0 Å². The highest BCUT2D eigenvalue weighted by Crippen LogP contribution is 2.28. The minimum Gasteiger partial charge on any atom is -0.338 e. The number of carbonyl (C=O) groups excluding carboxylic acids is 3. The third-order valence-corrected chi connectivity index (χ3v) is 5.85. The van der Waals surface area contributed by atoms with Gasteiger partial charge in [0.15, 0.2) is 0 Å². The lowest BCUT2D eigenvalue weighted by atomic mass is 10.1. The van der Waals surface area contributed by atoms with Crippen molar-refractivity contribution >= 4 is 29.4 Å². The molecule has 0 radical (unpaired) electrons. The van der Waals surface area contributed by atoms with E-state index in [1.54, 1.807) is 24.0 Å². The molecule has 1 aromatic heterocycles. The van der Waals surface area contributed by atoms with E-state index in [2.05, 4.69) is 20.2 Å². The van der Waals surface area contributed by atoms with E-state index in [1.807, 2.05) is 18.0 Å². The van der Waals surface area contributed by atoms with Gasteiger partial charge in [-0.1, -0.05) is 6.07 Å². The maximum absolute atomic E-state index is 13.1. The molecule has 0 spiro atoms. The Hall–Kier alpha value is -3.57. The van der Waals surface area contributed by atoms with Crippen LogP contribution in [0.25, 0.3) is 0 Å². The van der Waals surface area contributed by atoms with E-state index in [1.165, 1.54) is 17.9 Å². The summed E-state index contributed by atoms with van der Waals surface area (Å²) in [6.45, 7) is 5.16. The first-order valence-electron chi connectivity index (χ1n) is 10.3. The summed E-state index contributed by atoms with van der Waals surface area (Å²) in [5.41, 5.74) is 3.62. The zero-order chi connectivity index (χ0) is 22.8. The van der Waals surface area contributed by atoms with Crippen molar-refractivity contribution < 1.29 is 19.6 Å². The van der Waals surface area contributed by atoms with Crippen molar-refractivity contribution in [1.29, 1.82) is 0 Å². The Morgan fingerprint density at radius 1 is 1.12 bits per heavy atom. The smallest absolute Gasteiger partial charge is 0.277 e. The number of likely N-dealkylation sites (N-methyl/N-ethyl adjacent to an activating group) is 1. The number of amides is 3. The van der Waals surface area contributed by atoms with E-state index in [-0.39, 0.29) is 23.3 Å². The molecule has 3 heterocycles. The molecule has 3 N–H and O–H groups in total. The third kappa shape index (κ3) is 4.25. The molecule has 0 aliphatic carbocycles. The van der Waals surface area contributed by atoms with Gasteiger partial charge in [-0.25, -0.2) is 15.4 Å². The minimum atomic E-state index is -0.708. The fourth-order valence-electron chi connectivity index (χ4n) is 3.84. The van der Waals surface area contributed by atoms with Gasteiger partial charge in [0.1, 0.15) is 6.04 Å². The lowest BCUT2D eigenvalue weighted by molar-refractivity contribution is -0.137. The van der Waals surface area contributed by atoms with E-state index < -0.39 is 11.9 Å². The Balaban J connectivity index is 1.44. The molecule has 0 bridgehead atoms. The Kier molecular flexibility index (Phi) is 6.01. The quantitative estimate of drug-likeness (QED) is 0.452. The normalized spacial score (nSPS) is 17.2. The van der Waals surface area contributed by atoms with E-state index in [0.717, 1.165) is 18.7 Å². The molecule has 32 heavy (non-hydrogen) atoms. The highest BCUT2D eigenvalue weighted by atomic mass is 16.5. The lowest BCUT2D eigenvalue weighted by Crippen LogP contribution is -2.53. The molecule has 1 unspecified atom stereocenters. The monoisotopic (exact) mass is 439 g/mol. The van der Waals surface area contributed by atoms with Crippen LogP contribution in [0, 0.1) is 0 Å². The number of piperazine rings is 1. The van der Waals surface area contributed by atoms with Gasteiger partial charge in [0.2, 0.25) is 11.9 Å². The molecule has 1 atom stereocenters. The molecule has 11 nitrogen and oxygen atoms in total. The molecular weight excluding hydrogens is 414 g/mol. The fourth-order valence-corrected chi connectivity index (χ4v) is 3.84. The molecule has 11 heteroatoms. The Bertz CT molecular complexity index is 1030. The lowest BCUT2D eigenvalue weighted by Gasteiger charge is -2.35. The molecular formula is C21H25N7O4. The summed E-state index contributed by atoms with van der Waals surface area (Å²) < 4.78 is 0. The third-order valence-electron chi connectivity index (χ3n) is 5.85. The largest absolute Gasteiger partial charge is 0.338 e. The Morgan fingerprint density at radius 2 is 1.81 bits per heavy atom. The Morgan fingerprint density at radius 3 is 2.47 bits per heavy atom. The van der Waals surface area contributed by atoms with Crippen molar-refractivity contribution in [1.82, 2.24) is 30.1 Å². The molecule has 4 rings (SSSR count). The highest BCUT2D eigenvalue weighted by Gasteiger charge is 2.36. The van der Waals surface area contributed by atoms with Gasteiger partial charge in [-0.05, 0) is 31.7 Å². The van der Waals surface area contributed by atoms with Crippen LogP contribution < -0.4 is 10.8 Å². The van der Waals surface area contributed by atoms with Crippen molar-refractivity contribution in [3.8, 4) is 0 Å². The second-order valence-corrected chi connectivity index (χ2v) is 7.97. The number of fused-ring (bicyclic) bond motifs is 1. The van der Waals surface area contributed by atoms with E-state index in [9.17, 15) is 14.4 Å². The predicted molar refractivity (Wildman–Crippen MR) is 114 cm³/mol. The molecule has 2 aliphatic heterocycles. The van der Waals surface area contributed by atoms with Gasteiger partial charge >= 0.3 is 0 Å². The van der Waals surface area contributed by atoms with Crippen molar-refractivity contribution in [2.24, 2.45) is 0 Å². The van der Waals surface area contributed by atoms with Crippen LogP contribution in [0.5, 0.6) is 0 Å². The summed E-state index contributed by atoms with van der Waals surface area (Å²) in [6, 6.07) is 4.82. The number of benzene rings is 1. The van der Waals surface area contributed by atoms with Crippen LogP contribution in [0.15, 0.2) is 30.6 Å². The summed E-state index contributed by atoms with van der Waals surface area (Å²) >= 11 is 0. The summed E-state index contributed by atoms with van der Waals surface area (Å²) in [5.74, 6) is -0.687. The molecule has 2 aliphatic rings. The summed E-state index contributed by atoms with van der Waals surface area (Å²) in [6.07, 6.45) is 2.54. The molecule has 1 fully saturated rings. The topological polar surface area (TPSA) is 131 Å². The van der Waals surface area contributed by atoms with Gasteiger partial charge in [-0.3, -0.25) is 19.6 Å². The summed E-state index contributed by atoms with van der Waals surface area (Å²) in [7, 11) is 2.03. The number of aromatic nitrogens is 2. The predicted octanol–water partition coefficient (Wildman–Crippen LogP) is 0.458. The summed E-state index contributed by atoms with van der Waals surface area (Å²) in [4.78, 5) is 51.0. The van der Waals surface area contributed by atoms with Crippen molar-refractivity contribution in [2.75, 3.05) is 38.5 Å². The fraction of sp³-hybridized carbons (Fsp3) is 0.381. The van der Waals surface area contributed by atoms with Crippen LogP contribution in [-0.4, -0.2) is 86.9 Å². The van der Waals surface area contributed by atoms with Crippen LogP contribution in [0.2, 0.25) is 0 Å². The summed E-state index contributed by atoms with van der Waals surface area (Å²) in [5, 5.41) is 11.6. The first kappa shape index (κ1) is 21.7. The molecule has 1 saturated heterocycles. The van der Waals surface area contributed by atoms with Crippen LogP contribution in [0.3, 0.4) is 0 Å². The molecule has 3 amide bonds. The van der Waals surface area contributed by atoms with Gasteiger partial charge in [0, 0.05) is 56.4 Å². The second-order valence-electron chi connectivity index (χ2n) is 7.97. The molecule has 0 saturated carbocycles. The molecule has 168 valence electrons. The van der Waals surface area contributed by atoms with Crippen LogP contribution in [0.4, 0.5) is 11.6 Å². The standard InChI is InChI=1S/C21H25N7O4/c1-13(19(30)27-7-5-26(2)6-8-27)28-12-14-3-4-16(9-17(14)20(28)31)24-21-22-10-15(11-23-21)18(29)25-32/h3-4,9-11,13,32H,5-8,12H2,1-2H3,(H,25,29)(H,22,23,24). The first-order chi connectivity index (χ1) is 15.4.